The van der Waals surface area contributed by atoms with Gasteiger partial charge in [0.05, 0.1) is 18.3 Å². The van der Waals surface area contributed by atoms with Crippen LogP contribution in [0.15, 0.2) is 41.1 Å². The third kappa shape index (κ3) is 5.32. The Labute approximate surface area is 179 Å². The molecule has 1 aliphatic heterocycles. The Kier molecular flexibility index (Phi) is 7.21. The number of hydrogen-bond donors (Lipinski definition) is 1. The molecule has 0 bridgehead atoms. The molecule has 0 radical (unpaired) electrons. The fraction of sp³-hybridized carbons (Fsp3) is 0.476. The number of rotatable bonds is 6. The number of hydrogen-bond acceptors (Lipinski definition) is 6. The van der Waals surface area contributed by atoms with E-state index in [1.54, 1.807) is 23.4 Å². The van der Waals surface area contributed by atoms with Crippen molar-refractivity contribution in [1.29, 1.82) is 0 Å². The molecule has 3 atom stereocenters. The van der Waals surface area contributed by atoms with Gasteiger partial charge in [-0.2, -0.15) is 0 Å². The standard InChI is InChI=1S/C21H27BrN4O3/c1-14-10-26(15(2)13-27)21(28)18-8-16(22)9-24-20(18)29-19(14)12-25(3)11-17-6-4-5-7-23-17/h4-9,14-15,19,27H,10-13H2,1-3H3/t14-,15-,19+/m1/s1. The third-order valence-corrected chi connectivity index (χ3v) is 5.57. The van der Waals surface area contributed by atoms with Gasteiger partial charge in [0.15, 0.2) is 0 Å². The van der Waals surface area contributed by atoms with Gasteiger partial charge in [-0.05, 0) is 48.1 Å². The van der Waals surface area contributed by atoms with Crippen LogP contribution in [-0.2, 0) is 6.54 Å². The number of likely N-dealkylation sites (N-methyl/N-ethyl adjacent to an activating group) is 1. The third-order valence-electron chi connectivity index (χ3n) is 5.14. The van der Waals surface area contributed by atoms with E-state index in [0.717, 1.165) is 5.69 Å². The van der Waals surface area contributed by atoms with Gasteiger partial charge in [0.2, 0.25) is 5.88 Å². The van der Waals surface area contributed by atoms with E-state index in [9.17, 15) is 9.90 Å². The Morgan fingerprint density at radius 2 is 2.21 bits per heavy atom. The number of ether oxygens (including phenoxy) is 1. The quantitative estimate of drug-likeness (QED) is 0.710. The highest BCUT2D eigenvalue weighted by Gasteiger charge is 2.34. The molecule has 0 saturated heterocycles. The van der Waals surface area contributed by atoms with Crippen LogP contribution in [0.3, 0.4) is 0 Å². The van der Waals surface area contributed by atoms with E-state index in [0.29, 0.717) is 35.6 Å². The number of aliphatic hydroxyl groups is 1. The van der Waals surface area contributed by atoms with E-state index in [4.69, 9.17) is 4.74 Å². The van der Waals surface area contributed by atoms with Crippen LogP contribution in [-0.4, -0.2) is 69.7 Å². The van der Waals surface area contributed by atoms with Crippen LogP contribution in [0, 0.1) is 5.92 Å². The molecule has 0 spiro atoms. The summed E-state index contributed by atoms with van der Waals surface area (Å²) in [6.45, 7) is 5.66. The molecule has 3 heterocycles. The predicted molar refractivity (Wildman–Crippen MR) is 114 cm³/mol. The van der Waals surface area contributed by atoms with E-state index >= 15 is 0 Å². The fourth-order valence-electron chi connectivity index (χ4n) is 3.43. The molecule has 1 aliphatic rings. The Bertz CT molecular complexity index is 836. The highest BCUT2D eigenvalue weighted by molar-refractivity contribution is 9.10. The number of pyridine rings is 2. The largest absolute Gasteiger partial charge is 0.472 e. The summed E-state index contributed by atoms with van der Waals surface area (Å²) in [5.74, 6) is 0.205. The van der Waals surface area contributed by atoms with Crippen LogP contribution in [0.5, 0.6) is 5.88 Å². The topological polar surface area (TPSA) is 78.8 Å². The average molecular weight is 463 g/mol. The van der Waals surface area contributed by atoms with Crippen LogP contribution in [0.1, 0.15) is 29.9 Å². The SMILES string of the molecule is C[C@@H]1CN([C@H](C)CO)C(=O)c2cc(Br)cnc2O[C@H]1CN(C)Cc1ccccn1. The zero-order chi connectivity index (χ0) is 21.0. The first-order valence-electron chi connectivity index (χ1n) is 9.71. The number of halogens is 1. The normalized spacial score (nSPS) is 20.6. The number of carbonyl (C=O) groups is 1. The minimum Gasteiger partial charge on any atom is -0.472 e. The van der Waals surface area contributed by atoms with Crippen molar-refractivity contribution in [3.05, 3.63) is 52.4 Å². The maximum absolute atomic E-state index is 13.1. The van der Waals surface area contributed by atoms with Crippen molar-refractivity contribution < 1.29 is 14.6 Å². The molecule has 3 rings (SSSR count). The zero-order valence-corrected chi connectivity index (χ0v) is 18.5. The predicted octanol–water partition coefficient (Wildman–Crippen LogP) is 2.59. The molecule has 0 unspecified atom stereocenters. The van der Waals surface area contributed by atoms with E-state index in [2.05, 4.69) is 37.7 Å². The lowest BCUT2D eigenvalue weighted by Crippen LogP contribution is -2.49. The Balaban J connectivity index is 1.85. The number of nitrogens with zero attached hydrogens (tertiary/aromatic N) is 4. The van der Waals surface area contributed by atoms with Crippen molar-refractivity contribution in [3.8, 4) is 5.88 Å². The Hall–Kier alpha value is -2.03. The molecule has 2 aromatic rings. The summed E-state index contributed by atoms with van der Waals surface area (Å²) in [7, 11) is 2.03. The van der Waals surface area contributed by atoms with Crippen molar-refractivity contribution in [1.82, 2.24) is 19.8 Å². The van der Waals surface area contributed by atoms with Crippen molar-refractivity contribution >= 4 is 21.8 Å². The second-order valence-electron chi connectivity index (χ2n) is 7.65. The summed E-state index contributed by atoms with van der Waals surface area (Å²) in [4.78, 5) is 25.7. The molecular weight excluding hydrogens is 436 g/mol. The molecule has 0 fully saturated rings. The number of aliphatic hydroxyl groups excluding tert-OH is 1. The minimum atomic E-state index is -0.290. The van der Waals surface area contributed by atoms with Crippen LogP contribution in [0.25, 0.3) is 0 Å². The summed E-state index contributed by atoms with van der Waals surface area (Å²) in [6.07, 6.45) is 3.25. The molecular formula is C21H27BrN4O3. The fourth-order valence-corrected chi connectivity index (χ4v) is 3.77. The van der Waals surface area contributed by atoms with Gasteiger partial charge in [-0.3, -0.25) is 14.7 Å². The smallest absolute Gasteiger partial charge is 0.259 e. The number of aromatic nitrogens is 2. The molecule has 0 aromatic carbocycles. The van der Waals surface area contributed by atoms with Crippen LogP contribution < -0.4 is 4.74 Å². The van der Waals surface area contributed by atoms with Gasteiger partial charge in [0.25, 0.3) is 5.91 Å². The summed E-state index contributed by atoms with van der Waals surface area (Å²) >= 11 is 3.39. The Morgan fingerprint density at radius 1 is 1.41 bits per heavy atom. The van der Waals surface area contributed by atoms with E-state index < -0.39 is 0 Å². The van der Waals surface area contributed by atoms with Gasteiger partial charge in [0.1, 0.15) is 11.7 Å². The van der Waals surface area contributed by atoms with Gasteiger partial charge in [-0.15, -0.1) is 0 Å². The van der Waals surface area contributed by atoms with Crippen molar-refractivity contribution in [2.75, 3.05) is 26.7 Å². The van der Waals surface area contributed by atoms with Crippen LogP contribution >= 0.6 is 15.9 Å². The van der Waals surface area contributed by atoms with Gasteiger partial charge in [-0.1, -0.05) is 13.0 Å². The molecule has 0 aliphatic carbocycles. The molecule has 2 aromatic heterocycles. The van der Waals surface area contributed by atoms with Crippen molar-refractivity contribution in [3.63, 3.8) is 0 Å². The monoisotopic (exact) mass is 462 g/mol. The second-order valence-corrected chi connectivity index (χ2v) is 8.56. The molecule has 1 amide bonds. The summed E-state index contributed by atoms with van der Waals surface area (Å²) in [5, 5.41) is 9.67. The molecule has 156 valence electrons. The zero-order valence-electron chi connectivity index (χ0n) is 17.0. The Morgan fingerprint density at radius 3 is 2.90 bits per heavy atom. The first kappa shape index (κ1) is 21.7. The first-order chi connectivity index (χ1) is 13.9. The lowest BCUT2D eigenvalue weighted by Gasteiger charge is -2.37. The van der Waals surface area contributed by atoms with E-state index in [1.807, 2.05) is 32.2 Å². The van der Waals surface area contributed by atoms with Gasteiger partial charge in [-0.25, -0.2) is 4.98 Å². The van der Waals surface area contributed by atoms with Gasteiger partial charge >= 0.3 is 0 Å². The lowest BCUT2D eigenvalue weighted by atomic mass is 10.00. The highest BCUT2D eigenvalue weighted by Crippen LogP contribution is 2.28. The number of amides is 1. The van der Waals surface area contributed by atoms with E-state index in [-0.39, 0.29) is 30.6 Å². The maximum atomic E-state index is 13.1. The number of fused-ring (bicyclic) bond motifs is 1. The maximum Gasteiger partial charge on any atom is 0.259 e. The van der Waals surface area contributed by atoms with Crippen molar-refractivity contribution in [2.45, 2.75) is 32.5 Å². The van der Waals surface area contributed by atoms with E-state index in [1.165, 1.54) is 0 Å². The summed E-state index contributed by atoms with van der Waals surface area (Å²) in [5.41, 5.74) is 1.39. The first-order valence-corrected chi connectivity index (χ1v) is 10.5. The molecule has 8 heteroatoms. The molecule has 29 heavy (non-hydrogen) atoms. The summed E-state index contributed by atoms with van der Waals surface area (Å²) < 4.78 is 6.95. The second kappa shape index (κ2) is 9.65. The lowest BCUT2D eigenvalue weighted by molar-refractivity contribution is 0.0324. The van der Waals surface area contributed by atoms with Gasteiger partial charge in [0, 0.05) is 42.4 Å². The van der Waals surface area contributed by atoms with Crippen molar-refractivity contribution in [2.24, 2.45) is 5.92 Å². The molecule has 1 N–H and O–H groups in total. The average Bonchev–Trinajstić information content (AvgIpc) is 2.71. The molecule has 0 saturated carbocycles. The van der Waals surface area contributed by atoms with Crippen LogP contribution in [0.4, 0.5) is 0 Å². The number of carbonyl (C=O) groups excluding carboxylic acids is 1. The van der Waals surface area contributed by atoms with Gasteiger partial charge < -0.3 is 14.7 Å². The summed E-state index contributed by atoms with van der Waals surface area (Å²) in [6, 6.07) is 7.31. The van der Waals surface area contributed by atoms with Crippen LogP contribution in [0.2, 0.25) is 0 Å². The molecule has 7 nitrogen and oxygen atoms in total. The highest BCUT2D eigenvalue weighted by atomic mass is 79.9. The minimum absolute atomic E-state index is 0.0535.